The fraction of sp³-hybridized carbons (Fsp3) is 0.136. The van der Waals surface area contributed by atoms with Crippen LogP contribution in [0.4, 0.5) is 5.69 Å². The Kier molecular flexibility index (Phi) is 5.79. The number of hydrogen-bond acceptors (Lipinski definition) is 3. The van der Waals surface area contributed by atoms with Crippen LogP contribution >= 0.6 is 0 Å². The van der Waals surface area contributed by atoms with E-state index in [-0.39, 0.29) is 0 Å². The van der Waals surface area contributed by atoms with Crippen LogP contribution in [-0.2, 0) is 9.53 Å². The lowest BCUT2D eigenvalue weighted by atomic mass is 10.1. The van der Waals surface area contributed by atoms with E-state index in [1.165, 1.54) is 4.90 Å². The molecule has 3 rings (SSSR count). The smallest absolute Gasteiger partial charge is 0.262 e. The van der Waals surface area contributed by atoms with Gasteiger partial charge in [-0.05, 0) is 17.7 Å². The Morgan fingerprint density at radius 1 is 0.808 bits per heavy atom. The van der Waals surface area contributed by atoms with Crippen molar-refractivity contribution >= 4 is 11.6 Å². The molecule has 0 unspecified atom stereocenters. The summed E-state index contributed by atoms with van der Waals surface area (Å²) in [4.78, 5) is 14.7. The fourth-order valence-electron chi connectivity index (χ4n) is 2.88. The molecular weight excluding hydrogens is 326 g/mol. The highest BCUT2D eigenvalue weighted by Gasteiger charge is 2.31. The maximum atomic E-state index is 13.2. The molecule has 132 valence electrons. The largest absolute Gasteiger partial charge is 0.378 e. The van der Waals surface area contributed by atoms with Gasteiger partial charge in [0, 0.05) is 18.4 Å². The van der Waals surface area contributed by atoms with E-state index in [1.807, 2.05) is 66.7 Å². The topological polar surface area (TPSA) is 49.8 Å². The molecule has 0 aliphatic heterocycles. The highest BCUT2D eigenvalue weighted by molar-refractivity contribution is 5.97. The number of carbonyl (C=O) groups excluding carboxylic acids is 1. The number of methoxy groups -OCH3 is 1. The molecule has 2 atom stereocenters. The summed E-state index contributed by atoms with van der Waals surface area (Å²) < 4.78 is 5.65. The maximum absolute atomic E-state index is 13.2. The molecule has 0 spiro atoms. The van der Waals surface area contributed by atoms with Gasteiger partial charge in [0.05, 0.1) is 0 Å². The maximum Gasteiger partial charge on any atom is 0.262 e. The highest BCUT2D eigenvalue weighted by atomic mass is 16.5. The minimum absolute atomic E-state index is 0.446. The standard InChI is InChI=1S/C22H21NO3/c1-26-22(18-13-7-3-8-14-18)23(19-15-9-4-10-16-19)21(25)20(24)17-11-5-2-6-12-17/h2-16,20,22,24H,1H3/t20-,22-/m0/s1. The van der Waals surface area contributed by atoms with E-state index in [1.54, 1.807) is 31.4 Å². The van der Waals surface area contributed by atoms with Crippen molar-refractivity contribution in [1.82, 2.24) is 0 Å². The minimum Gasteiger partial charge on any atom is -0.378 e. The Morgan fingerprint density at radius 3 is 1.77 bits per heavy atom. The number of benzene rings is 3. The summed E-state index contributed by atoms with van der Waals surface area (Å²) in [5, 5.41) is 10.7. The molecule has 26 heavy (non-hydrogen) atoms. The van der Waals surface area contributed by atoms with Crippen LogP contribution < -0.4 is 4.90 Å². The lowest BCUT2D eigenvalue weighted by molar-refractivity contribution is -0.129. The molecule has 3 aromatic rings. The van der Waals surface area contributed by atoms with E-state index in [9.17, 15) is 9.90 Å². The van der Waals surface area contributed by atoms with E-state index in [2.05, 4.69) is 0 Å². The molecule has 0 bridgehead atoms. The third kappa shape index (κ3) is 3.82. The predicted molar refractivity (Wildman–Crippen MR) is 102 cm³/mol. The number of aliphatic hydroxyl groups is 1. The molecule has 0 fully saturated rings. The van der Waals surface area contributed by atoms with Crippen molar-refractivity contribution in [3.8, 4) is 0 Å². The Hall–Kier alpha value is -2.95. The molecule has 0 heterocycles. The van der Waals surface area contributed by atoms with Gasteiger partial charge in [0.2, 0.25) is 0 Å². The molecule has 4 heteroatoms. The predicted octanol–water partition coefficient (Wildman–Crippen LogP) is 4.10. The second-order valence-corrected chi connectivity index (χ2v) is 5.86. The number of nitrogens with zero attached hydrogens (tertiary/aromatic N) is 1. The first kappa shape index (κ1) is 17.9. The number of hydrogen-bond donors (Lipinski definition) is 1. The van der Waals surface area contributed by atoms with Crippen LogP contribution in [0.1, 0.15) is 23.5 Å². The molecule has 0 radical (unpaired) electrons. The normalized spacial score (nSPS) is 13.0. The number of rotatable bonds is 6. The van der Waals surface area contributed by atoms with Gasteiger partial charge < -0.3 is 9.84 Å². The van der Waals surface area contributed by atoms with Crippen molar-refractivity contribution in [2.24, 2.45) is 0 Å². The van der Waals surface area contributed by atoms with Crippen molar-refractivity contribution in [3.63, 3.8) is 0 Å². The first-order chi connectivity index (χ1) is 12.7. The van der Waals surface area contributed by atoms with Gasteiger partial charge in [-0.25, -0.2) is 0 Å². The molecule has 1 amide bonds. The number of anilines is 1. The second kappa shape index (κ2) is 8.43. The van der Waals surface area contributed by atoms with Crippen LogP contribution in [0.2, 0.25) is 0 Å². The van der Waals surface area contributed by atoms with Gasteiger partial charge in [0.25, 0.3) is 5.91 Å². The van der Waals surface area contributed by atoms with E-state index >= 15 is 0 Å². The third-order valence-electron chi connectivity index (χ3n) is 4.16. The van der Waals surface area contributed by atoms with Crippen molar-refractivity contribution in [2.45, 2.75) is 12.3 Å². The average Bonchev–Trinajstić information content (AvgIpc) is 2.73. The first-order valence-electron chi connectivity index (χ1n) is 8.41. The van der Waals surface area contributed by atoms with Gasteiger partial charge in [0.15, 0.2) is 12.3 Å². The summed E-state index contributed by atoms with van der Waals surface area (Å²) in [6.45, 7) is 0. The zero-order chi connectivity index (χ0) is 18.4. The van der Waals surface area contributed by atoms with Gasteiger partial charge >= 0.3 is 0 Å². The van der Waals surface area contributed by atoms with E-state index in [4.69, 9.17) is 4.74 Å². The van der Waals surface area contributed by atoms with Gasteiger partial charge in [-0.1, -0.05) is 78.9 Å². The average molecular weight is 347 g/mol. The third-order valence-corrected chi connectivity index (χ3v) is 4.16. The highest BCUT2D eigenvalue weighted by Crippen LogP contribution is 2.31. The van der Waals surface area contributed by atoms with Crippen molar-refractivity contribution < 1.29 is 14.6 Å². The van der Waals surface area contributed by atoms with Gasteiger partial charge in [-0.15, -0.1) is 0 Å². The summed E-state index contributed by atoms with van der Waals surface area (Å²) in [5.74, 6) is -0.446. The summed E-state index contributed by atoms with van der Waals surface area (Å²) in [6.07, 6.45) is -1.93. The van der Waals surface area contributed by atoms with Crippen molar-refractivity contribution in [1.29, 1.82) is 0 Å². The van der Waals surface area contributed by atoms with Crippen molar-refractivity contribution in [3.05, 3.63) is 102 Å². The molecule has 0 aliphatic rings. The van der Waals surface area contributed by atoms with E-state index < -0.39 is 18.2 Å². The van der Waals surface area contributed by atoms with Gasteiger partial charge in [-0.3, -0.25) is 9.69 Å². The van der Waals surface area contributed by atoms with Crippen LogP contribution in [0, 0.1) is 0 Å². The van der Waals surface area contributed by atoms with Crippen LogP contribution in [0.15, 0.2) is 91.0 Å². The number of aliphatic hydroxyl groups excluding tert-OH is 1. The number of ether oxygens (including phenoxy) is 1. The number of para-hydroxylation sites is 1. The number of amides is 1. The van der Waals surface area contributed by atoms with Crippen LogP contribution in [0.3, 0.4) is 0 Å². The van der Waals surface area contributed by atoms with E-state index in [0.29, 0.717) is 11.3 Å². The molecule has 0 aromatic heterocycles. The summed E-state index contributed by atoms with van der Waals surface area (Å²) in [5.41, 5.74) is 2.02. The second-order valence-electron chi connectivity index (χ2n) is 5.86. The summed E-state index contributed by atoms with van der Waals surface area (Å²) >= 11 is 0. The van der Waals surface area contributed by atoms with Crippen LogP contribution in [0.5, 0.6) is 0 Å². The molecule has 4 nitrogen and oxygen atoms in total. The lowest BCUT2D eigenvalue weighted by Gasteiger charge is -2.32. The fourth-order valence-corrected chi connectivity index (χ4v) is 2.88. The Bertz CT molecular complexity index is 822. The quantitative estimate of drug-likeness (QED) is 0.683. The molecule has 0 aliphatic carbocycles. The number of carbonyl (C=O) groups is 1. The first-order valence-corrected chi connectivity index (χ1v) is 8.41. The molecule has 3 aromatic carbocycles. The Morgan fingerprint density at radius 2 is 1.27 bits per heavy atom. The monoisotopic (exact) mass is 347 g/mol. The van der Waals surface area contributed by atoms with Gasteiger partial charge in [-0.2, -0.15) is 0 Å². The molecule has 0 saturated heterocycles. The van der Waals surface area contributed by atoms with E-state index in [0.717, 1.165) is 5.56 Å². The van der Waals surface area contributed by atoms with Crippen LogP contribution in [-0.4, -0.2) is 18.1 Å². The SMILES string of the molecule is CO[C@@H](c1ccccc1)N(C(=O)[C@@H](O)c1ccccc1)c1ccccc1. The molecule has 1 N–H and O–H groups in total. The summed E-state index contributed by atoms with van der Waals surface area (Å²) in [6, 6.07) is 27.6. The molecular formula is C22H21NO3. The zero-order valence-corrected chi connectivity index (χ0v) is 14.5. The molecule has 0 saturated carbocycles. The lowest BCUT2D eigenvalue weighted by Crippen LogP contribution is -2.39. The van der Waals surface area contributed by atoms with Crippen molar-refractivity contribution in [2.75, 3.05) is 12.0 Å². The van der Waals surface area contributed by atoms with Gasteiger partial charge in [0.1, 0.15) is 0 Å². The summed E-state index contributed by atoms with van der Waals surface area (Å²) in [7, 11) is 1.55. The Balaban J connectivity index is 2.02. The minimum atomic E-state index is -1.28. The Labute approximate surface area is 153 Å². The van der Waals surface area contributed by atoms with Crippen LogP contribution in [0.25, 0.3) is 0 Å². The zero-order valence-electron chi connectivity index (χ0n) is 14.5.